The quantitative estimate of drug-likeness (QED) is 0.596. The Bertz CT molecular complexity index is 947. The summed E-state index contributed by atoms with van der Waals surface area (Å²) >= 11 is 6.35. The molecule has 1 aromatic heterocycles. The van der Waals surface area contributed by atoms with E-state index in [2.05, 4.69) is 4.98 Å². The lowest BCUT2D eigenvalue weighted by Crippen LogP contribution is -2.19. The van der Waals surface area contributed by atoms with Gasteiger partial charge in [0, 0.05) is 16.1 Å². The van der Waals surface area contributed by atoms with Gasteiger partial charge in [-0.15, -0.1) is 12.4 Å². The second-order valence-corrected chi connectivity index (χ2v) is 6.25. The molecule has 0 aliphatic carbocycles. The first-order valence-corrected chi connectivity index (χ1v) is 9.02. The number of carboxylic acid groups (broad SMARTS) is 1. The van der Waals surface area contributed by atoms with Gasteiger partial charge in [-0.3, -0.25) is 4.98 Å². The molecular formula is C20H21Cl2NO7. The van der Waals surface area contributed by atoms with Crippen LogP contribution >= 0.6 is 24.0 Å². The van der Waals surface area contributed by atoms with Crippen molar-refractivity contribution < 1.29 is 33.7 Å². The minimum Gasteiger partial charge on any atom is -0.480 e. The Morgan fingerprint density at radius 2 is 1.80 bits per heavy atom. The number of ether oxygens (including phenoxy) is 3. The molecule has 0 unspecified atom stereocenters. The number of pyridine rings is 1. The minimum atomic E-state index is -1.17. The normalized spacial score (nSPS) is 10.1. The first kappa shape index (κ1) is 25.4. The highest BCUT2D eigenvalue weighted by molar-refractivity contribution is 6.34. The second-order valence-electron chi connectivity index (χ2n) is 5.85. The van der Waals surface area contributed by atoms with Gasteiger partial charge in [0.15, 0.2) is 0 Å². The van der Waals surface area contributed by atoms with E-state index in [1.54, 1.807) is 38.1 Å². The van der Waals surface area contributed by atoms with Gasteiger partial charge in [-0.1, -0.05) is 29.8 Å². The van der Waals surface area contributed by atoms with Crippen LogP contribution in [0.5, 0.6) is 0 Å². The van der Waals surface area contributed by atoms with Crippen LogP contribution in [-0.4, -0.2) is 48.3 Å². The van der Waals surface area contributed by atoms with Crippen molar-refractivity contribution in [2.75, 3.05) is 20.3 Å². The lowest BCUT2D eigenvalue weighted by Gasteiger charge is -2.19. The molecule has 2 rings (SSSR count). The van der Waals surface area contributed by atoms with Crippen LogP contribution in [0.4, 0.5) is 0 Å². The molecule has 30 heavy (non-hydrogen) atoms. The number of aromatic nitrogens is 1. The molecule has 10 heteroatoms. The molecule has 162 valence electrons. The number of halogens is 2. The summed E-state index contributed by atoms with van der Waals surface area (Å²) in [5, 5.41) is 9.11. The van der Waals surface area contributed by atoms with Gasteiger partial charge in [-0.2, -0.15) is 0 Å². The number of carbonyl (C=O) groups is 3. The number of methoxy groups -OCH3 is 1. The van der Waals surface area contributed by atoms with E-state index in [1.807, 2.05) is 0 Å². The maximum atomic E-state index is 12.8. The summed E-state index contributed by atoms with van der Waals surface area (Å²) in [6, 6.07) is 6.67. The maximum absolute atomic E-state index is 12.8. The number of hydrogen-bond acceptors (Lipinski definition) is 7. The first-order chi connectivity index (χ1) is 13.8. The molecule has 1 N–H and O–H groups in total. The number of aliphatic carboxylic acids is 1. The van der Waals surface area contributed by atoms with Crippen LogP contribution in [0.2, 0.25) is 5.02 Å². The highest BCUT2D eigenvalue weighted by Gasteiger charge is 2.29. The molecule has 0 atom stereocenters. The fraction of sp³-hybridized carbons (Fsp3) is 0.300. The molecule has 0 spiro atoms. The molecule has 0 amide bonds. The predicted octanol–water partition coefficient (Wildman–Crippen LogP) is 3.70. The van der Waals surface area contributed by atoms with Gasteiger partial charge in [-0.05, 0) is 19.9 Å². The van der Waals surface area contributed by atoms with Gasteiger partial charge in [0.05, 0.1) is 42.8 Å². The minimum absolute atomic E-state index is 0. The van der Waals surface area contributed by atoms with Crippen LogP contribution in [0, 0.1) is 6.92 Å². The number of benzene rings is 1. The van der Waals surface area contributed by atoms with E-state index in [4.69, 9.17) is 30.9 Å². The summed E-state index contributed by atoms with van der Waals surface area (Å²) in [6.07, 6.45) is 0. The van der Waals surface area contributed by atoms with Crippen LogP contribution in [0.1, 0.15) is 39.0 Å². The van der Waals surface area contributed by atoms with Gasteiger partial charge < -0.3 is 19.3 Å². The Morgan fingerprint density at radius 1 is 1.13 bits per heavy atom. The van der Waals surface area contributed by atoms with Crippen molar-refractivity contribution in [3.8, 4) is 11.1 Å². The van der Waals surface area contributed by atoms with Gasteiger partial charge in [0.1, 0.15) is 6.61 Å². The SMILES string of the molecule is CCOC(=O)c1c(COCC(=O)O)nc(C)c(C(=O)OC)c1-c1ccccc1Cl.Cl. The lowest BCUT2D eigenvalue weighted by atomic mass is 9.92. The van der Waals surface area contributed by atoms with E-state index in [-0.39, 0.29) is 53.7 Å². The van der Waals surface area contributed by atoms with E-state index in [0.29, 0.717) is 10.6 Å². The molecule has 0 aliphatic rings. The summed E-state index contributed by atoms with van der Waals surface area (Å²) in [4.78, 5) is 40.4. The Morgan fingerprint density at radius 3 is 2.37 bits per heavy atom. The molecule has 1 heterocycles. The van der Waals surface area contributed by atoms with E-state index in [0.717, 1.165) is 0 Å². The number of carbonyl (C=O) groups excluding carboxylic acids is 2. The monoisotopic (exact) mass is 457 g/mol. The lowest BCUT2D eigenvalue weighted by molar-refractivity contribution is -0.142. The average Bonchev–Trinajstić information content (AvgIpc) is 2.67. The van der Waals surface area contributed by atoms with E-state index in [1.165, 1.54) is 7.11 Å². The number of aryl methyl sites for hydroxylation is 1. The third-order valence-electron chi connectivity index (χ3n) is 3.93. The fourth-order valence-electron chi connectivity index (χ4n) is 2.81. The van der Waals surface area contributed by atoms with Crippen LogP contribution in [-0.2, 0) is 25.6 Å². The zero-order chi connectivity index (χ0) is 21.6. The third kappa shape index (κ3) is 5.69. The van der Waals surface area contributed by atoms with Crippen LogP contribution in [0.15, 0.2) is 24.3 Å². The summed E-state index contributed by atoms with van der Waals surface area (Å²) in [5.41, 5.74) is 1.03. The number of hydrogen-bond donors (Lipinski definition) is 1. The van der Waals surface area contributed by atoms with E-state index >= 15 is 0 Å². The Labute approximate surface area is 184 Å². The van der Waals surface area contributed by atoms with Gasteiger partial charge in [0.25, 0.3) is 0 Å². The van der Waals surface area contributed by atoms with Crippen LogP contribution in [0.25, 0.3) is 11.1 Å². The van der Waals surface area contributed by atoms with Gasteiger partial charge >= 0.3 is 17.9 Å². The molecule has 0 fully saturated rings. The molecule has 0 radical (unpaired) electrons. The Kier molecular flexibility index (Phi) is 9.71. The number of rotatable bonds is 8. The van der Waals surface area contributed by atoms with Crippen molar-refractivity contribution in [2.45, 2.75) is 20.5 Å². The average molecular weight is 458 g/mol. The topological polar surface area (TPSA) is 112 Å². The smallest absolute Gasteiger partial charge is 0.340 e. The maximum Gasteiger partial charge on any atom is 0.340 e. The predicted molar refractivity (Wildman–Crippen MR) is 111 cm³/mol. The third-order valence-corrected chi connectivity index (χ3v) is 4.26. The first-order valence-electron chi connectivity index (χ1n) is 8.65. The standard InChI is InChI=1S/C20H20ClNO7.ClH/c1-4-29-20(26)18-14(9-28-10-15(23)24)22-11(2)16(19(25)27-3)17(18)12-7-5-6-8-13(12)21;/h5-8H,4,9-10H2,1-3H3,(H,23,24);1H. The van der Waals surface area contributed by atoms with Crippen molar-refractivity contribution in [3.63, 3.8) is 0 Å². The number of nitrogens with zero attached hydrogens (tertiary/aromatic N) is 1. The molecule has 0 saturated heterocycles. The van der Waals surface area contributed by atoms with Crippen molar-refractivity contribution in [3.05, 3.63) is 51.8 Å². The molecule has 0 aliphatic heterocycles. The van der Waals surface area contributed by atoms with Crippen molar-refractivity contribution in [2.24, 2.45) is 0 Å². The van der Waals surface area contributed by atoms with Crippen molar-refractivity contribution >= 4 is 41.9 Å². The summed E-state index contributed by atoms with van der Waals surface area (Å²) < 4.78 is 15.2. The Hall–Kier alpha value is -2.68. The molecule has 0 saturated carbocycles. The highest BCUT2D eigenvalue weighted by atomic mass is 35.5. The van der Waals surface area contributed by atoms with E-state index in [9.17, 15) is 14.4 Å². The number of carboxylic acids is 1. The molecular weight excluding hydrogens is 437 g/mol. The zero-order valence-electron chi connectivity index (χ0n) is 16.6. The van der Waals surface area contributed by atoms with E-state index < -0.39 is 24.5 Å². The van der Waals surface area contributed by atoms with Crippen molar-refractivity contribution in [1.82, 2.24) is 4.98 Å². The van der Waals surface area contributed by atoms with Gasteiger partial charge in [-0.25, -0.2) is 14.4 Å². The molecule has 0 bridgehead atoms. The largest absolute Gasteiger partial charge is 0.480 e. The van der Waals surface area contributed by atoms with Crippen molar-refractivity contribution in [1.29, 1.82) is 0 Å². The van der Waals surface area contributed by atoms with Crippen LogP contribution < -0.4 is 0 Å². The molecule has 8 nitrogen and oxygen atoms in total. The van der Waals surface area contributed by atoms with Crippen LogP contribution in [0.3, 0.4) is 0 Å². The summed E-state index contributed by atoms with van der Waals surface area (Å²) in [6.45, 7) is 2.43. The zero-order valence-corrected chi connectivity index (χ0v) is 18.1. The molecule has 1 aromatic carbocycles. The fourth-order valence-corrected chi connectivity index (χ4v) is 3.04. The highest BCUT2D eigenvalue weighted by Crippen LogP contribution is 2.36. The second kappa shape index (κ2) is 11.5. The number of esters is 2. The Balaban J connectivity index is 0.00000450. The summed E-state index contributed by atoms with van der Waals surface area (Å²) in [7, 11) is 1.21. The van der Waals surface area contributed by atoms with Gasteiger partial charge in [0.2, 0.25) is 0 Å². The molecule has 2 aromatic rings. The summed E-state index contributed by atoms with van der Waals surface area (Å²) in [5.74, 6) is -2.61.